The van der Waals surface area contributed by atoms with E-state index in [1.165, 1.54) is 35.7 Å². The maximum absolute atomic E-state index is 12.7. The van der Waals surface area contributed by atoms with Crippen molar-refractivity contribution in [3.8, 4) is 11.5 Å². The van der Waals surface area contributed by atoms with E-state index in [-0.39, 0.29) is 17.1 Å². The molecule has 2 aromatic heterocycles. The minimum absolute atomic E-state index is 0.212. The zero-order valence-electron chi connectivity index (χ0n) is 17.1. The van der Waals surface area contributed by atoms with E-state index in [4.69, 9.17) is 27.9 Å². The topological polar surface area (TPSA) is 99.3 Å². The second-order valence-corrected chi connectivity index (χ2v) is 8.87. The molecule has 0 saturated carbocycles. The first kappa shape index (κ1) is 22.8. The molecule has 168 valence electrons. The van der Waals surface area contributed by atoms with Crippen LogP contribution in [0.4, 0.5) is 11.4 Å². The molecule has 2 heterocycles. The van der Waals surface area contributed by atoms with Crippen molar-refractivity contribution in [2.45, 2.75) is 13.5 Å². The number of benzene rings is 2. The molecule has 0 radical (unpaired) electrons. The molecule has 1 N–H and O–H groups in total. The zero-order valence-corrected chi connectivity index (χ0v) is 19.4. The number of non-ortho nitro benzene ring substituents is 1. The van der Waals surface area contributed by atoms with Gasteiger partial charge in [-0.15, -0.1) is 11.3 Å². The van der Waals surface area contributed by atoms with Crippen LogP contribution >= 0.6 is 34.5 Å². The number of amides is 1. The van der Waals surface area contributed by atoms with Gasteiger partial charge in [-0.3, -0.25) is 19.6 Å². The molecule has 1 amide bonds. The first-order valence-corrected chi connectivity index (χ1v) is 11.2. The number of ether oxygens (including phenoxy) is 1. The zero-order chi connectivity index (χ0) is 23.5. The predicted molar refractivity (Wildman–Crippen MR) is 128 cm³/mol. The summed E-state index contributed by atoms with van der Waals surface area (Å²) in [6.07, 6.45) is 3.22. The van der Waals surface area contributed by atoms with Gasteiger partial charge in [0.15, 0.2) is 0 Å². The summed E-state index contributed by atoms with van der Waals surface area (Å²) < 4.78 is 7.43. The molecule has 0 bridgehead atoms. The van der Waals surface area contributed by atoms with Gasteiger partial charge in [-0.25, -0.2) is 0 Å². The summed E-state index contributed by atoms with van der Waals surface area (Å²) in [6, 6.07) is 10.9. The number of hydrogen-bond acceptors (Lipinski definition) is 6. The molecule has 0 fully saturated rings. The number of rotatable bonds is 7. The lowest BCUT2D eigenvalue weighted by Crippen LogP contribution is -2.10. The van der Waals surface area contributed by atoms with Gasteiger partial charge in [-0.05, 0) is 47.7 Å². The number of aromatic nitrogens is 2. The average molecular weight is 503 g/mol. The molecule has 4 rings (SSSR count). The van der Waals surface area contributed by atoms with Crippen molar-refractivity contribution in [2.75, 3.05) is 5.32 Å². The summed E-state index contributed by atoms with van der Waals surface area (Å²) in [5.41, 5.74) is 1.71. The Bertz CT molecular complexity index is 1350. The summed E-state index contributed by atoms with van der Waals surface area (Å²) in [5.74, 6) is 0.290. The first-order chi connectivity index (χ1) is 15.8. The Balaban J connectivity index is 1.52. The molecule has 0 saturated heterocycles. The molecule has 8 nitrogen and oxygen atoms in total. The molecule has 0 aliphatic heterocycles. The number of nitrogens with one attached hydrogen (secondary N) is 1. The highest BCUT2D eigenvalue weighted by molar-refractivity contribution is 7.12. The molecule has 0 unspecified atom stereocenters. The van der Waals surface area contributed by atoms with Crippen molar-refractivity contribution in [3.05, 3.63) is 96.4 Å². The van der Waals surface area contributed by atoms with Crippen molar-refractivity contribution in [2.24, 2.45) is 0 Å². The van der Waals surface area contributed by atoms with Crippen LogP contribution in [0.5, 0.6) is 11.5 Å². The lowest BCUT2D eigenvalue weighted by Gasteiger charge is -2.10. The third kappa shape index (κ3) is 5.70. The number of halogens is 2. The Labute approximate surface area is 202 Å². The summed E-state index contributed by atoms with van der Waals surface area (Å²) in [4.78, 5) is 24.0. The fourth-order valence-corrected chi connectivity index (χ4v) is 4.09. The predicted octanol–water partition coefficient (Wildman–Crippen LogP) is 6.56. The van der Waals surface area contributed by atoms with E-state index in [1.807, 2.05) is 12.3 Å². The van der Waals surface area contributed by atoms with Gasteiger partial charge in [-0.1, -0.05) is 23.2 Å². The quantitative estimate of drug-likeness (QED) is 0.227. The van der Waals surface area contributed by atoms with Gasteiger partial charge in [0.25, 0.3) is 11.6 Å². The standard InChI is InChI=1S/C22H16Cl2N4O4S/c1-13-4-18(2-3-20(13)24)32-19-7-16(6-17(8-19)28(30)31)26-22(29)21-5-14(12-33-21)10-27-11-15(23)9-25-27/h2-9,11-12H,10H2,1H3,(H,26,29). The molecule has 4 aromatic rings. The van der Waals surface area contributed by atoms with Crippen molar-refractivity contribution in [1.82, 2.24) is 9.78 Å². The number of nitrogens with zero attached hydrogens (tertiary/aromatic N) is 3. The monoisotopic (exact) mass is 502 g/mol. The SMILES string of the molecule is Cc1cc(Oc2cc(NC(=O)c3cc(Cn4cc(Cl)cn4)cs3)cc([N+](=O)[O-])c2)ccc1Cl. The van der Waals surface area contributed by atoms with Crippen LogP contribution < -0.4 is 10.1 Å². The summed E-state index contributed by atoms with van der Waals surface area (Å²) in [7, 11) is 0. The Hall–Kier alpha value is -3.40. The minimum Gasteiger partial charge on any atom is -0.457 e. The lowest BCUT2D eigenvalue weighted by molar-refractivity contribution is -0.384. The minimum atomic E-state index is -0.548. The second-order valence-electron chi connectivity index (χ2n) is 7.12. The Kier molecular flexibility index (Phi) is 6.64. The number of carbonyl (C=O) groups is 1. The van der Waals surface area contributed by atoms with Gasteiger partial charge in [0.2, 0.25) is 0 Å². The highest BCUT2D eigenvalue weighted by Crippen LogP contribution is 2.31. The second kappa shape index (κ2) is 9.62. The van der Waals surface area contributed by atoms with Gasteiger partial charge in [0, 0.05) is 23.4 Å². The highest BCUT2D eigenvalue weighted by Gasteiger charge is 2.16. The number of nitro groups is 1. The van der Waals surface area contributed by atoms with Gasteiger partial charge in [0.1, 0.15) is 11.5 Å². The van der Waals surface area contributed by atoms with Crippen LogP contribution in [0.2, 0.25) is 10.0 Å². The van der Waals surface area contributed by atoms with Gasteiger partial charge >= 0.3 is 0 Å². The molecule has 0 aliphatic carbocycles. The molecule has 2 aromatic carbocycles. The van der Waals surface area contributed by atoms with E-state index in [9.17, 15) is 14.9 Å². The van der Waals surface area contributed by atoms with Crippen molar-refractivity contribution >= 4 is 51.8 Å². The van der Waals surface area contributed by atoms with Crippen LogP contribution in [0.15, 0.2) is 60.2 Å². The maximum Gasteiger partial charge on any atom is 0.275 e. The average Bonchev–Trinajstić information content (AvgIpc) is 3.40. The fourth-order valence-electron chi connectivity index (χ4n) is 3.02. The molecular formula is C22H16Cl2N4O4S. The molecule has 33 heavy (non-hydrogen) atoms. The van der Waals surface area contributed by atoms with E-state index < -0.39 is 10.8 Å². The number of anilines is 1. The van der Waals surface area contributed by atoms with E-state index in [0.717, 1.165) is 11.1 Å². The number of carbonyl (C=O) groups excluding carboxylic acids is 1. The van der Waals surface area contributed by atoms with E-state index in [2.05, 4.69) is 10.4 Å². The first-order valence-electron chi connectivity index (χ1n) is 9.57. The van der Waals surface area contributed by atoms with Crippen molar-refractivity contribution in [1.29, 1.82) is 0 Å². The maximum atomic E-state index is 12.7. The van der Waals surface area contributed by atoms with E-state index >= 15 is 0 Å². The largest absolute Gasteiger partial charge is 0.457 e. The summed E-state index contributed by atoms with van der Waals surface area (Å²) in [5, 5.41) is 21.2. The van der Waals surface area contributed by atoms with Crippen LogP contribution in [-0.4, -0.2) is 20.6 Å². The number of thiophene rings is 1. The summed E-state index contributed by atoms with van der Waals surface area (Å²) in [6.45, 7) is 2.29. The van der Waals surface area contributed by atoms with Crippen LogP contribution in [0.25, 0.3) is 0 Å². The molecule has 11 heteroatoms. The Morgan fingerprint density at radius 2 is 2.03 bits per heavy atom. The Morgan fingerprint density at radius 1 is 1.21 bits per heavy atom. The normalized spacial score (nSPS) is 10.8. The van der Waals surface area contributed by atoms with Gasteiger partial charge in [-0.2, -0.15) is 5.10 Å². The van der Waals surface area contributed by atoms with E-state index in [0.29, 0.717) is 27.2 Å². The summed E-state index contributed by atoms with van der Waals surface area (Å²) >= 11 is 13.2. The third-order valence-electron chi connectivity index (χ3n) is 4.55. The number of hydrogen-bond donors (Lipinski definition) is 1. The molecular weight excluding hydrogens is 487 g/mol. The van der Waals surface area contributed by atoms with E-state index in [1.54, 1.807) is 35.1 Å². The lowest BCUT2D eigenvalue weighted by atomic mass is 10.2. The Morgan fingerprint density at radius 3 is 2.73 bits per heavy atom. The fraction of sp³-hybridized carbons (Fsp3) is 0.0909. The van der Waals surface area contributed by atoms with Gasteiger partial charge < -0.3 is 10.1 Å². The molecule has 0 aliphatic rings. The van der Waals surface area contributed by atoms with Gasteiger partial charge in [0.05, 0.1) is 39.3 Å². The van der Waals surface area contributed by atoms with Crippen LogP contribution in [-0.2, 0) is 6.54 Å². The highest BCUT2D eigenvalue weighted by atomic mass is 35.5. The third-order valence-corrected chi connectivity index (χ3v) is 6.15. The van der Waals surface area contributed by atoms with Crippen LogP contribution in [0.3, 0.4) is 0 Å². The molecule has 0 spiro atoms. The van der Waals surface area contributed by atoms with Crippen LogP contribution in [0.1, 0.15) is 20.8 Å². The van der Waals surface area contributed by atoms with Crippen LogP contribution in [0, 0.1) is 17.0 Å². The number of nitro benzene ring substituents is 1. The smallest absolute Gasteiger partial charge is 0.275 e. The van der Waals surface area contributed by atoms with Crippen molar-refractivity contribution in [3.63, 3.8) is 0 Å². The van der Waals surface area contributed by atoms with Crippen molar-refractivity contribution < 1.29 is 14.5 Å². The molecule has 0 atom stereocenters. The number of aryl methyl sites for hydroxylation is 1.